The van der Waals surface area contributed by atoms with Crippen molar-refractivity contribution in [2.75, 3.05) is 40.3 Å². The number of carbonyl (C=O) groups excluding carboxylic acids is 1. The Morgan fingerprint density at radius 1 is 1.22 bits per heavy atom. The number of rotatable bonds is 12. The summed E-state index contributed by atoms with van der Waals surface area (Å²) in [5, 5.41) is 10.9. The SMILES string of the molecule is CCN(C(=O)CCOc1ccccc1)[C@H]1CC[C@@H](c2n[nH]cc2CN(C)CCNC)CC1. The van der Waals surface area contributed by atoms with Gasteiger partial charge in [-0.2, -0.15) is 5.10 Å². The second-order valence-corrected chi connectivity index (χ2v) is 8.73. The van der Waals surface area contributed by atoms with E-state index in [-0.39, 0.29) is 5.91 Å². The zero-order valence-corrected chi connectivity index (χ0v) is 19.8. The average molecular weight is 442 g/mol. The van der Waals surface area contributed by atoms with Gasteiger partial charge < -0.3 is 19.9 Å². The smallest absolute Gasteiger partial charge is 0.226 e. The van der Waals surface area contributed by atoms with Crippen LogP contribution in [-0.4, -0.2) is 72.3 Å². The van der Waals surface area contributed by atoms with E-state index in [2.05, 4.69) is 39.3 Å². The first kappa shape index (κ1) is 24.3. The number of nitrogens with zero attached hydrogens (tertiary/aromatic N) is 3. The van der Waals surface area contributed by atoms with Gasteiger partial charge in [-0.15, -0.1) is 0 Å². The van der Waals surface area contributed by atoms with Crippen LogP contribution in [0.25, 0.3) is 0 Å². The molecule has 1 fully saturated rings. The van der Waals surface area contributed by atoms with E-state index in [1.165, 1.54) is 11.3 Å². The molecule has 0 unspecified atom stereocenters. The Labute approximate surface area is 192 Å². The van der Waals surface area contributed by atoms with Crippen LogP contribution in [0.2, 0.25) is 0 Å². The number of hydrogen-bond acceptors (Lipinski definition) is 5. The maximum atomic E-state index is 12.9. The van der Waals surface area contributed by atoms with Gasteiger partial charge in [0.1, 0.15) is 5.75 Å². The van der Waals surface area contributed by atoms with Crippen LogP contribution in [0.15, 0.2) is 36.5 Å². The van der Waals surface area contributed by atoms with E-state index in [1.54, 1.807) is 0 Å². The quantitative estimate of drug-likeness (QED) is 0.528. The predicted molar refractivity (Wildman–Crippen MR) is 128 cm³/mol. The number of nitrogens with one attached hydrogen (secondary N) is 2. The van der Waals surface area contributed by atoms with E-state index >= 15 is 0 Å². The minimum atomic E-state index is 0.193. The monoisotopic (exact) mass is 441 g/mol. The van der Waals surface area contributed by atoms with Crippen molar-refractivity contribution in [1.29, 1.82) is 0 Å². The first-order chi connectivity index (χ1) is 15.6. The summed E-state index contributed by atoms with van der Waals surface area (Å²) in [6.07, 6.45) is 6.69. The molecule has 7 heteroatoms. The molecule has 1 aromatic heterocycles. The minimum Gasteiger partial charge on any atom is -0.493 e. The van der Waals surface area contributed by atoms with E-state index in [0.29, 0.717) is 25.0 Å². The lowest BCUT2D eigenvalue weighted by Gasteiger charge is -2.36. The lowest BCUT2D eigenvalue weighted by molar-refractivity contribution is -0.134. The predicted octanol–water partition coefficient (Wildman–Crippen LogP) is 3.40. The van der Waals surface area contributed by atoms with Gasteiger partial charge in [0, 0.05) is 49.9 Å². The number of ether oxygens (including phenoxy) is 1. The molecule has 1 aliphatic rings. The van der Waals surface area contributed by atoms with Gasteiger partial charge in [-0.1, -0.05) is 18.2 Å². The van der Waals surface area contributed by atoms with Gasteiger partial charge in [0.2, 0.25) is 5.91 Å². The van der Waals surface area contributed by atoms with Crippen molar-refractivity contribution < 1.29 is 9.53 Å². The van der Waals surface area contributed by atoms with Gasteiger partial charge in [0.25, 0.3) is 0 Å². The molecular weight excluding hydrogens is 402 g/mol. The molecule has 0 aliphatic heterocycles. The molecule has 0 saturated heterocycles. The van der Waals surface area contributed by atoms with Crippen molar-refractivity contribution >= 4 is 5.91 Å². The van der Waals surface area contributed by atoms with E-state index < -0.39 is 0 Å². The van der Waals surface area contributed by atoms with Crippen LogP contribution < -0.4 is 10.1 Å². The summed E-state index contributed by atoms with van der Waals surface area (Å²) in [6.45, 7) is 6.15. The van der Waals surface area contributed by atoms with Gasteiger partial charge in [-0.25, -0.2) is 0 Å². The molecule has 3 rings (SSSR count). The largest absolute Gasteiger partial charge is 0.493 e. The van der Waals surface area contributed by atoms with Crippen LogP contribution in [0.5, 0.6) is 5.75 Å². The van der Waals surface area contributed by atoms with Crippen LogP contribution >= 0.6 is 0 Å². The lowest BCUT2D eigenvalue weighted by atomic mass is 9.82. The van der Waals surface area contributed by atoms with Crippen molar-refractivity contribution in [1.82, 2.24) is 25.3 Å². The molecule has 176 valence electrons. The number of hydrogen-bond donors (Lipinski definition) is 2. The number of aromatic amines is 1. The van der Waals surface area contributed by atoms with Crippen molar-refractivity contribution in [2.24, 2.45) is 0 Å². The third kappa shape index (κ3) is 6.81. The van der Waals surface area contributed by atoms with Crippen LogP contribution in [0.4, 0.5) is 0 Å². The second kappa shape index (κ2) is 12.6. The number of amides is 1. The fourth-order valence-electron chi connectivity index (χ4n) is 4.69. The summed E-state index contributed by atoms with van der Waals surface area (Å²) >= 11 is 0. The van der Waals surface area contributed by atoms with E-state index in [1.807, 2.05) is 43.6 Å². The molecule has 2 N–H and O–H groups in total. The number of para-hydroxylation sites is 1. The first-order valence-corrected chi connectivity index (χ1v) is 11.9. The summed E-state index contributed by atoms with van der Waals surface area (Å²) < 4.78 is 5.73. The Bertz CT molecular complexity index is 802. The highest BCUT2D eigenvalue weighted by Gasteiger charge is 2.30. The molecule has 0 radical (unpaired) electrons. The standard InChI is InChI=1S/C25H39N5O2/c1-4-30(24(31)14-17-32-23-8-6-5-7-9-23)22-12-10-20(11-13-22)25-21(18-27-28-25)19-29(3)16-15-26-2/h5-9,18,20,22,26H,4,10-17,19H2,1-3H3,(H,27,28)/t20-,22+. The first-order valence-electron chi connectivity index (χ1n) is 11.9. The summed E-state index contributed by atoms with van der Waals surface area (Å²) in [7, 11) is 4.13. The van der Waals surface area contributed by atoms with Crippen molar-refractivity contribution in [3.05, 3.63) is 47.8 Å². The molecule has 1 aliphatic carbocycles. The van der Waals surface area contributed by atoms with Crippen molar-refractivity contribution in [2.45, 2.75) is 57.5 Å². The lowest BCUT2D eigenvalue weighted by Crippen LogP contribution is -2.42. The third-order valence-corrected chi connectivity index (χ3v) is 6.45. The van der Waals surface area contributed by atoms with Crippen LogP contribution in [0, 0.1) is 0 Å². The molecule has 0 bridgehead atoms. The Hall–Kier alpha value is -2.38. The summed E-state index contributed by atoms with van der Waals surface area (Å²) in [5.41, 5.74) is 2.51. The van der Waals surface area contributed by atoms with Gasteiger partial charge in [0.15, 0.2) is 0 Å². The number of likely N-dealkylation sites (N-methyl/N-ethyl adjacent to an activating group) is 2. The molecule has 32 heavy (non-hydrogen) atoms. The van der Waals surface area contributed by atoms with Crippen molar-refractivity contribution in [3.63, 3.8) is 0 Å². The van der Waals surface area contributed by atoms with Crippen LogP contribution in [0.1, 0.15) is 56.2 Å². The Balaban J connectivity index is 1.47. The Morgan fingerprint density at radius 3 is 2.66 bits per heavy atom. The highest BCUT2D eigenvalue weighted by Crippen LogP contribution is 2.35. The van der Waals surface area contributed by atoms with E-state index in [9.17, 15) is 4.79 Å². The van der Waals surface area contributed by atoms with Gasteiger partial charge in [0.05, 0.1) is 18.7 Å². The normalized spacial score (nSPS) is 18.6. The molecule has 0 spiro atoms. The number of benzene rings is 1. The van der Waals surface area contributed by atoms with Gasteiger partial charge >= 0.3 is 0 Å². The molecule has 0 atom stereocenters. The molecule has 1 aromatic carbocycles. The second-order valence-electron chi connectivity index (χ2n) is 8.73. The summed E-state index contributed by atoms with van der Waals surface area (Å²) in [5.74, 6) is 1.48. The summed E-state index contributed by atoms with van der Waals surface area (Å²) in [6, 6.07) is 10.0. The number of H-pyrrole nitrogens is 1. The fraction of sp³-hybridized carbons (Fsp3) is 0.600. The number of aromatic nitrogens is 2. The summed E-state index contributed by atoms with van der Waals surface area (Å²) in [4.78, 5) is 17.2. The zero-order chi connectivity index (χ0) is 22.8. The van der Waals surface area contributed by atoms with Crippen LogP contribution in [0.3, 0.4) is 0 Å². The van der Waals surface area contributed by atoms with Crippen molar-refractivity contribution in [3.8, 4) is 5.75 Å². The van der Waals surface area contributed by atoms with Gasteiger partial charge in [-0.3, -0.25) is 9.89 Å². The highest BCUT2D eigenvalue weighted by molar-refractivity contribution is 5.76. The van der Waals surface area contributed by atoms with E-state index in [0.717, 1.165) is 57.6 Å². The highest BCUT2D eigenvalue weighted by atomic mass is 16.5. The molecule has 2 aromatic rings. The maximum Gasteiger partial charge on any atom is 0.226 e. The number of carbonyl (C=O) groups is 1. The fourth-order valence-corrected chi connectivity index (χ4v) is 4.69. The average Bonchev–Trinajstić information content (AvgIpc) is 3.27. The molecule has 1 saturated carbocycles. The molecule has 1 amide bonds. The molecule has 1 heterocycles. The minimum absolute atomic E-state index is 0.193. The van der Waals surface area contributed by atoms with Gasteiger partial charge in [-0.05, 0) is 58.8 Å². The Kier molecular flexibility index (Phi) is 9.56. The maximum absolute atomic E-state index is 12.9. The topological polar surface area (TPSA) is 73.5 Å². The van der Waals surface area contributed by atoms with Crippen LogP contribution in [-0.2, 0) is 11.3 Å². The Morgan fingerprint density at radius 2 is 1.97 bits per heavy atom. The van der Waals surface area contributed by atoms with E-state index in [4.69, 9.17) is 4.74 Å². The third-order valence-electron chi connectivity index (χ3n) is 6.45. The molecular formula is C25H39N5O2. The molecule has 7 nitrogen and oxygen atoms in total. The zero-order valence-electron chi connectivity index (χ0n) is 19.8.